The van der Waals surface area contributed by atoms with Crippen molar-refractivity contribution in [1.29, 1.82) is 0 Å². The first kappa shape index (κ1) is 15.6. The molecule has 1 aliphatic rings. The lowest BCUT2D eigenvalue weighted by atomic mass is 9.97. The molecule has 3 nitrogen and oxygen atoms in total. The van der Waals surface area contributed by atoms with Crippen LogP contribution < -0.4 is 5.73 Å². The zero-order valence-electron chi connectivity index (χ0n) is 12.0. The zero-order chi connectivity index (χ0) is 15.6. The lowest BCUT2D eigenvalue weighted by Crippen LogP contribution is -2.28. The van der Waals surface area contributed by atoms with Gasteiger partial charge in [-0.05, 0) is 36.2 Å². The van der Waals surface area contributed by atoms with Gasteiger partial charge in [-0.2, -0.15) is 0 Å². The third-order valence-electron chi connectivity index (χ3n) is 3.81. The maximum Gasteiger partial charge on any atom is 0.195 e. The molecule has 0 bridgehead atoms. The predicted molar refractivity (Wildman–Crippen MR) is 89.2 cm³/mol. The van der Waals surface area contributed by atoms with Gasteiger partial charge in [0.25, 0.3) is 0 Å². The van der Waals surface area contributed by atoms with Gasteiger partial charge in [-0.1, -0.05) is 41.4 Å². The summed E-state index contributed by atoms with van der Waals surface area (Å²) in [6.07, 6.45) is 1.49. The summed E-state index contributed by atoms with van der Waals surface area (Å²) >= 11 is 12.1. The molecule has 2 N–H and O–H groups in total. The van der Waals surface area contributed by atoms with Gasteiger partial charge < -0.3 is 15.2 Å². The monoisotopic (exact) mass is 337 g/mol. The van der Waals surface area contributed by atoms with Crippen LogP contribution in [0.4, 0.5) is 5.69 Å². The zero-order valence-corrected chi connectivity index (χ0v) is 13.5. The van der Waals surface area contributed by atoms with Gasteiger partial charge >= 0.3 is 0 Å². The van der Waals surface area contributed by atoms with E-state index < -0.39 is 5.79 Å². The van der Waals surface area contributed by atoms with Gasteiger partial charge in [0.05, 0.1) is 23.3 Å². The molecule has 0 unspecified atom stereocenters. The Morgan fingerprint density at radius 1 is 1.00 bits per heavy atom. The molecule has 22 heavy (non-hydrogen) atoms. The molecule has 1 aliphatic heterocycles. The number of halogens is 2. The highest BCUT2D eigenvalue weighted by molar-refractivity contribution is 6.42. The third-order valence-corrected chi connectivity index (χ3v) is 4.55. The molecule has 0 amide bonds. The maximum absolute atomic E-state index is 6.13. The molecular weight excluding hydrogens is 321 g/mol. The van der Waals surface area contributed by atoms with Crippen LogP contribution >= 0.6 is 23.2 Å². The second kappa shape index (κ2) is 6.47. The topological polar surface area (TPSA) is 44.5 Å². The van der Waals surface area contributed by atoms with Crippen LogP contribution in [0.25, 0.3) is 0 Å². The minimum absolute atomic E-state index is 0.501. The Hall–Kier alpha value is -1.26. The van der Waals surface area contributed by atoms with E-state index in [1.165, 1.54) is 0 Å². The summed E-state index contributed by atoms with van der Waals surface area (Å²) in [5, 5.41) is 1.02. The number of rotatable bonds is 4. The lowest BCUT2D eigenvalue weighted by molar-refractivity contribution is -0.170. The van der Waals surface area contributed by atoms with E-state index in [1.54, 1.807) is 6.07 Å². The fourth-order valence-electron chi connectivity index (χ4n) is 2.70. The Labute approximate surface area is 139 Å². The summed E-state index contributed by atoms with van der Waals surface area (Å²) in [5.74, 6) is -0.765. The maximum atomic E-state index is 6.13. The largest absolute Gasteiger partial charge is 0.399 e. The van der Waals surface area contributed by atoms with Gasteiger partial charge in [0.2, 0.25) is 0 Å². The second-order valence-electron chi connectivity index (χ2n) is 5.32. The summed E-state index contributed by atoms with van der Waals surface area (Å²) in [5.41, 5.74) is 8.63. The molecule has 1 heterocycles. The van der Waals surface area contributed by atoms with Crippen molar-refractivity contribution in [2.24, 2.45) is 0 Å². The predicted octanol–water partition coefficient (Wildman–Crippen LogP) is 4.41. The smallest absolute Gasteiger partial charge is 0.195 e. The molecule has 2 aromatic carbocycles. The first-order valence-electron chi connectivity index (χ1n) is 7.17. The van der Waals surface area contributed by atoms with E-state index in [0.29, 0.717) is 29.7 Å². The van der Waals surface area contributed by atoms with Crippen molar-refractivity contribution in [3.05, 3.63) is 63.6 Å². The molecule has 0 atom stereocenters. The number of benzene rings is 2. The normalized spacial score (nSPS) is 16.8. The highest BCUT2D eigenvalue weighted by Crippen LogP contribution is 2.38. The van der Waals surface area contributed by atoms with E-state index in [0.717, 1.165) is 23.2 Å². The van der Waals surface area contributed by atoms with Crippen LogP contribution in [0.2, 0.25) is 10.0 Å². The first-order valence-corrected chi connectivity index (χ1v) is 7.92. The van der Waals surface area contributed by atoms with Crippen LogP contribution in [-0.2, 0) is 21.7 Å². The van der Waals surface area contributed by atoms with E-state index in [-0.39, 0.29) is 0 Å². The number of ether oxygens (including phenoxy) is 2. The van der Waals surface area contributed by atoms with Gasteiger partial charge in [0, 0.05) is 17.7 Å². The van der Waals surface area contributed by atoms with Crippen LogP contribution in [0.15, 0.2) is 42.5 Å². The average Bonchev–Trinajstić information content (AvgIpc) is 2.98. The highest BCUT2D eigenvalue weighted by Gasteiger charge is 2.38. The summed E-state index contributed by atoms with van der Waals surface area (Å²) in [7, 11) is 0. The van der Waals surface area contributed by atoms with Crippen molar-refractivity contribution >= 4 is 28.9 Å². The Balaban J connectivity index is 1.83. The molecule has 1 fully saturated rings. The summed E-state index contributed by atoms with van der Waals surface area (Å²) in [4.78, 5) is 0. The number of aryl methyl sites for hydroxylation is 1. The van der Waals surface area contributed by atoms with Gasteiger partial charge in [-0.15, -0.1) is 0 Å². The number of hydrogen-bond acceptors (Lipinski definition) is 3. The summed E-state index contributed by atoms with van der Waals surface area (Å²) < 4.78 is 11.8. The molecule has 0 spiro atoms. The number of nitrogen functional groups attached to an aromatic ring is 1. The molecular formula is C17H17Cl2NO2. The fourth-order valence-corrected chi connectivity index (χ4v) is 3.00. The lowest BCUT2D eigenvalue weighted by Gasteiger charge is -2.28. The van der Waals surface area contributed by atoms with Crippen LogP contribution in [0, 0.1) is 0 Å². The van der Waals surface area contributed by atoms with E-state index in [9.17, 15) is 0 Å². The molecule has 2 aromatic rings. The average molecular weight is 338 g/mol. The minimum Gasteiger partial charge on any atom is -0.399 e. The summed E-state index contributed by atoms with van der Waals surface area (Å²) in [6.45, 7) is 1.13. The Morgan fingerprint density at radius 3 is 2.45 bits per heavy atom. The fraction of sp³-hybridized carbons (Fsp3) is 0.294. The first-order chi connectivity index (χ1) is 10.6. The Bertz CT molecular complexity index is 669. The molecule has 0 aliphatic carbocycles. The van der Waals surface area contributed by atoms with Crippen LogP contribution in [0.1, 0.15) is 17.5 Å². The van der Waals surface area contributed by atoms with Gasteiger partial charge in [-0.3, -0.25) is 0 Å². The van der Waals surface area contributed by atoms with Crippen LogP contribution in [0.3, 0.4) is 0 Å². The van der Waals surface area contributed by atoms with E-state index in [2.05, 4.69) is 0 Å². The Morgan fingerprint density at radius 2 is 1.77 bits per heavy atom. The number of nitrogens with two attached hydrogens (primary N) is 1. The minimum atomic E-state index is -0.765. The number of hydrogen-bond donors (Lipinski definition) is 1. The van der Waals surface area contributed by atoms with Gasteiger partial charge in [0.1, 0.15) is 0 Å². The van der Waals surface area contributed by atoms with Crippen molar-refractivity contribution < 1.29 is 9.47 Å². The van der Waals surface area contributed by atoms with Crippen LogP contribution in [-0.4, -0.2) is 13.2 Å². The second-order valence-corrected chi connectivity index (χ2v) is 6.14. The third kappa shape index (κ3) is 3.23. The molecule has 0 radical (unpaired) electrons. The van der Waals surface area contributed by atoms with Crippen LogP contribution in [0.5, 0.6) is 0 Å². The van der Waals surface area contributed by atoms with E-state index in [1.807, 2.05) is 36.4 Å². The van der Waals surface area contributed by atoms with Crippen molar-refractivity contribution in [2.75, 3.05) is 18.9 Å². The van der Waals surface area contributed by atoms with Gasteiger partial charge in [-0.25, -0.2) is 0 Å². The van der Waals surface area contributed by atoms with Crippen molar-refractivity contribution in [3.8, 4) is 0 Å². The standard InChI is InChI=1S/C17H17Cl2NO2/c18-15-5-4-13(11-16(15)19)17(21-8-9-22-17)7-6-12-2-1-3-14(20)10-12/h1-5,10-11H,6-9,20H2. The van der Waals surface area contributed by atoms with Crippen molar-refractivity contribution in [1.82, 2.24) is 0 Å². The molecule has 0 aromatic heterocycles. The quantitative estimate of drug-likeness (QED) is 0.840. The SMILES string of the molecule is Nc1cccc(CCC2(c3ccc(Cl)c(Cl)c3)OCCO2)c1. The van der Waals surface area contributed by atoms with Crippen molar-refractivity contribution in [2.45, 2.75) is 18.6 Å². The van der Waals surface area contributed by atoms with E-state index >= 15 is 0 Å². The molecule has 0 saturated carbocycles. The molecule has 5 heteroatoms. The van der Waals surface area contributed by atoms with E-state index in [4.69, 9.17) is 38.4 Å². The molecule has 116 valence electrons. The number of anilines is 1. The molecule has 3 rings (SSSR count). The van der Waals surface area contributed by atoms with Crippen molar-refractivity contribution in [3.63, 3.8) is 0 Å². The molecule has 1 saturated heterocycles. The Kier molecular flexibility index (Phi) is 4.59. The van der Waals surface area contributed by atoms with Gasteiger partial charge in [0.15, 0.2) is 5.79 Å². The summed E-state index contributed by atoms with van der Waals surface area (Å²) in [6, 6.07) is 13.3. The highest BCUT2D eigenvalue weighted by atomic mass is 35.5.